The summed E-state index contributed by atoms with van der Waals surface area (Å²) in [6.45, 7) is 3.36. The number of carbonyl (C=O) groups is 1. The van der Waals surface area contributed by atoms with Crippen LogP contribution in [-0.4, -0.2) is 42.7 Å². The van der Waals surface area contributed by atoms with Crippen LogP contribution in [0.2, 0.25) is 0 Å². The van der Waals surface area contributed by atoms with E-state index in [2.05, 4.69) is 4.74 Å². The molecule has 0 aromatic heterocycles. The molecule has 0 N–H and O–H groups in total. The summed E-state index contributed by atoms with van der Waals surface area (Å²) in [6.07, 6.45) is -14.3. The topological polar surface area (TPSA) is 26.3 Å². The summed E-state index contributed by atoms with van der Waals surface area (Å²) >= 11 is 0. The molecule has 0 saturated heterocycles. The fourth-order valence-corrected chi connectivity index (χ4v) is 1.24. The molecule has 24 heavy (non-hydrogen) atoms. The maximum atomic E-state index is 13.5. The lowest BCUT2D eigenvalue weighted by atomic mass is 9.90. The summed E-state index contributed by atoms with van der Waals surface area (Å²) in [7, 11) is 0. The molecule has 1 unspecified atom stereocenters. The van der Waals surface area contributed by atoms with E-state index in [0.717, 1.165) is 13.8 Å². The minimum atomic E-state index is -6.90. The van der Waals surface area contributed by atoms with Crippen molar-refractivity contribution < 1.29 is 53.4 Å². The van der Waals surface area contributed by atoms with Crippen LogP contribution in [0.5, 0.6) is 0 Å². The molecular weight excluding hydrogens is 366 g/mol. The van der Waals surface area contributed by atoms with Gasteiger partial charge in [0.15, 0.2) is 0 Å². The van der Waals surface area contributed by atoms with Gasteiger partial charge in [-0.05, 0) is 20.3 Å². The zero-order valence-electron chi connectivity index (χ0n) is 12.5. The monoisotopic (exact) mass is 380 g/mol. The molecule has 2 nitrogen and oxygen atoms in total. The van der Waals surface area contributed by atoms with Gasteiger partial charge in [0.25, 0.3) is 6.43 Å². The summed E-state index contributed by atoms with van der Waals surface area (Å²) < 4.78 is 132. The van der Waals surface area contributed by atoms with Gasteiger partial charge in [-0.1, -0.05) is 6.92 Å². The van der Waals surface area contributed by atoms with Crippen LogP contribution in [0.3, 0.4) is 0 Å². The molecule has 0 spiro atoms. The summed E-state index contributed by atoms with van der Waals surface area (Å²) in [5, 5.41) is 0. The van der Waals surface area contributed by atoms with Crippen LogP contribution in [0, 0.1) is 5.41 Å². The zero-order chi connectivity index (χ0) is 19.7. The molecule has 0 radical (unpaired) electrons. The summed E-state index contributed by atoms with van der Waals surface area (Å²) in [5.41, 5.74) is -1.68. The Morgan fingerprint density at radius 2 is 1.33 bits per heavy atom. The van der Waals surface area contributed by atoms with Crippen LogP contribution in [0.25, 0.3) is 0 Å². The van der Waals surface area contributed by atoms with Crippen molar-refractivity contribution in [2.45, 2.75) is 63.9 Å². The van der Waals surface area contributed by atoms with E-state index in [4.69, 9.17) is 0 Å². The Balaban J connectivity index is 5.86. The van der Waals surface area contributed by atoms with E-state index in [1.807, 2.05) is 0 Å². The summed E-state index contributed by atoms with van der Waals surface area (Å²) in [4.78, 5) is 11.5. The van der Waals surface area contributed by atoms with Crippen molar-refractivity contribution in [3.05, 3.63) is 0 Å². The molecule has 0 aromatic rings. The molecule has 144 valence electrons. The molecule has 0 saturated carbocycles. The summed E-state index contributed by atoms with van der Waals surface area (Å²) in [6, 6.07) is 0. The first-order valence-corrected chi connectivity index (χ1v) is 6.37. The lowest BCUT2D eigenvalue weighted by Crippen LogP contribution is -2.64. The van der Waals surface area contributed by atoms with Crippen LogP contribution >= 0.6 is 0 Å². The first-order valence-electron chi connectivity index (χ1n) is 6.37. The van der Waals surface area contributed by atoms with E-state index in [1.54, 1.807) is 0 Å². The first kappa shape index (κ1) is 22.8. The maximum Gasteiger partial charge on any atom is 0.381 e. The van der Waals surface area contributed by atoms with Gasteiger partial charge >= 0.3 is 30.2 Å². The van der Waals surface area contributed by atoms with Crippen molar-refractivity contribution in [3.63, 3.8) is 0 Å². The molecule has 0 aromatic carbocycles. The van der Waals surface area contributed by atoms with E-state index < -0.39 is 48.1 Å². The van der Waals surface area contributed by atoms with Crippen molar-refractivity contribution in [2.24, 2.45) is 5.41 Å². The van der Waals surface area contributed by atoms with Gasteiger partial charge in [0.1, 0.15) is 0 Å². The smallest absolute Gasteiger partial charge is 0.381 e. The SMILES string of the molecule is CCC(C)(C)C(=O)OC(C(F)F)C(F)(F)C(F)(F)C(F)(F)C(F)F. The minimum Gasteiger partial charge on any atom is -0.449 e. The Labute approximate surface area is 130 Å². The number of halogens is 10. The molecule has 0 aliphatic heterocycles. The van der Waals surface area contributed by atoms with E-state index >= 15 is 0 Å². The molecule has 0 rings (SSSR count). The normalized spacial score (nSPS) is 15.8. The zero-order valence-corrected chi connectivity index (χ0v) is 12.5. The Kier molecular flexibility index (Phi) is 6.59. The van der Waals surface area contributed by atoms with Gasteiger partial charge < -0.3 is 4.74 Å². The average molecular weight is 380 g/mol. The predicted octanol–water partition coefficient (Wildman–Crippen LogP) is 4.77. The minimum absolute atomic E-state index is 0.156. The quantitative estimate of drug-likeness (QED) is 0.448. The van der Waals surface area contributed by atoms with E-state index in [0.29, 0.717) is 0 Å². The number of esters is 1. The molecule has 0 amide bonds. The largest absolute Gasteiger partial charge is 0.449 e. The molecule has 0 fully saturated rings. The second-order valence-electron chi connectivity index (χ2n) is 5.52. The highest BCUT2D eigenvalue weighted by atomic mass is 19.4. The number of hydrogen-bond acceptors (Lipinski definition) is 2. The number of ether oxygens (including phenoxy) is 1. The number of carbonyl (C=O) groups excluding carboxylic acids is 1. The van der Waals surface area contributed by atoms with Gasteiger partial charge in [-0.25, -0.2) is 17.6 Å². The van der Waals surface area contributed by atoms with Gasteiger partial charge in [0.05, 0.1) is 5.41 Å². The fraction of sp³-hybridized carbons (Fsp3) is 0.917. The second kappa shape index (κ2) is 6.95. The number of alkyl halides is 10. The predicted molar refractivity (Wildman–Crippen MR) is 60.8 cm³/mol. The molecule has 0 bridgehead atoms. The Bertz CT molecular complexity index is 447. The highest BCUT2D eigenvalue weighted by molar-refractivity contribution is 5.76. The van der Waals surface area contributed by atoms with E-state index in [9.17, 15) is 48.7 Å². The third-order valence-corrected chi connectivity index (χ3v) is 3.37. The molecule has 1 atom stereocenters. The third-order valence-electron chi connectivity index (χ3n) is 3.37. The van der Waals surface area contributed by atoms with Crippen LogP contribution in [0.15, 0.2) is 0 Å². The van der Waals surface area contributed by atoms with E-state index in [1.165, 1.54) is 6.92 Å². The van der Waals surface area contributed by atoms with Gasteiger partial charge in [-0.3, -0.25) is 4.79 Å². The maximum absolute atomic E-state index is 13.5. The molecule has 12 heteroatoms. The van der Waals surface area contributed by atoms with Crippen LogP contribution < -0.4 is 0 Å². The number of rotatable bonds is 8. The first-order chi connectivity index (χ1) is 10.5. The van der Waals surface area contributed by atoms with Crippen molar-refractivity contribution in [1.29, 1.82) is 0 Å². The standard InChI is InChI=1S/C12H14F10O2/c1-4-9(2,3)8(23)24-5(6(13)14)10(17,18)12(21,22)11(19,20)7(15)16/h5-7H,4H2,1-3H3. The van der Waals surface area contributed by atoms with Gasteiger partial charge in [-0.15, -0.1) is 0 Å². The lowest BCUT2D eigenvalue weighted by Gasteiger charge is -2.36. The van der Waals surface area contributed by atoms with Crippen molar-refractivity contribution in [1.82, 2.24) is 0 Å². The van der Waals surface area contributed by atoms with Gasteiger partial charge in [0.2, 0.25) is 6.10 Å². The molecule has 0 heterocycles. The van der Waals surface area contributed by atoms with E-state index in [-0.39, 0.29) is 6.42 Å². The fourth-order valence-electron chi connectivity index (χ4n) is 1.24. The molecule has 0 aliphatic rings. The number of hydrogen-bond donors (Lipinski definition) is 0. The molecule has 0 aliphatic carbocycles. The molecular formula is C12H14F10O2. The van der Waals surface area contributed by atoms with Gasteiger partial charge in [-0.2, -0.15) is 26.3 Å². The van der Waals surface area contributed by atoms with Crippen LogP contribution in [-0.2, 0) is 9.53 Å². The van der Waals surface area contributed by atoms with Crippen molar-refractivity contribution in [3.8, 4) is 0 Å². The van der Waals surface area contributed by atoms with Crippen molar-refractivity contribution in [2.75, 3.05) is 0 Å². The average Bonchev–Trinajstić information content (AvgIpc) is 2.42. The lowest BCUT2D eigenvalue weighted by molar-refractivity contribution is -0.364. The Morgan fingerprint density at radius 1 is 0.917 bits per heavy atom. The van der Waals surface area contributed by atoms with Crippen LogP contribution in [0.4, 0.5) is 43.9 Å². The van der Waals surface area contributed by atoms with Gasteiger partial charge in [0, 0.05) is 0 Å². The Morgan fingerprint density at radius 3 is 1.62 bits per heavy atom. The van der Waals surface area contributed by atoms with Crippen molar-refractivity contribution >= 4 is 5.97 Å². The highest BCUT2D eigenvalue weighted by Gasteiger charge is 2.79. The highest BCUT2D eigenvalue weighted by Crippen LogP contribution is 2.51. The van der Waals surface area contributed by atoms with Crippen LogP contribution in [0.1, 0.15) is 27.2 Å². The Hall–Kier alpha value is -1.23. The second-order valence-corrected chi connectivity index (χ2v) is 5.52. The summed E-state index contributed by atoms with van der Waals surface area (Å²) in [5.74, 6) is -21.8. The third kappa shape index (κ3) is 3.88.